The number of rotatable bonds is 4. The Balaban J connectivity index is 2.01. The Kier molecular flexibility index (Phi) is 3.05. The summed E-state index contributed by atoms with van der Waals surface area (Å²) < 4.78 is 5.45. The first-order chi connectivity index (χ1) is 7.70. The van der Waals surface area contributed by atoms with E-state index < -0.39 is 5.91 Å². The highest BCUT2D eigenvalue weighted by Crippen LogP contribution is 2.20. The van der Waals surface area contributed by atoms with Gasteiger partial charge in [0.1, 0.15) is 11.5 Å². The van der Waals surface area contributed by atoms with Gasteiger partial charge in [-0.05, 0) is 19.1 Å². The number of carbonyl (C=O) groups is 1. The van der Waals surface area contributed by atoms with E-state index in [9.17, 15) is 4.79 Å². The fourth-order valence-corrected chi connectivity index (χ4v) is 1.70. The summed E-state index contributed by atoms with van der Waals surface area (Å²) in [6, 6.07) is 5.27. The molecular formula is C11H15N3O2. The van der Waals surface area contributed by atoms with Crippen LogP contribution in [0.4, 0.5) is 5.82 Å². The molecule has 0 aromatic carbocycles. The van der Waals surface area contributed by atoms with Gasteiger partial charge in [0.05, 0.1) is 6.10 Å². The second kappa shape index (κ2) is 4.49. The van der Waals surface area contributed by atoms with Crippen LogP contribution in [0, 0.1) is 0 Å². The third-order valence-corrected chi connectivity index (χ3v) is 2.56. The number of amides is 1. The quantitative estimate of drug-likeness (QED) is 0.799. The Morgan fingerprint density at radius 1 is 1.62 bits per heavy atom. The molecule has 1 aliphatic heterocycles. The number of pyridine rings is 1. The molecule has 1 aromatic rings. The summed E-state index contributed by atoms with van der Waals surface area (Å²) in [5.41, 5.74) is 5.48. The number of ether oxygens (including phenoxy) is 1. The number of primary amides is 1. The molecule has 86 valence electrons. The summed E-state index contributed by atoms with van der Waals surface area (Å²) in [7, 11) is 0. The molecule has 0 bridgehead atoms. The van der Waals surface area contributed by atoms with Crippen molar-refractivity contribution in [2.24, 2.45) is 5.73 Å². The maximum atomic E-state index is 11.0. The van der Waals surface area contributed by atoms with Crippen LogP contribution in [0.25, 0.3) is 0 Å². The standard InChI is InChI=1S/C11H15N3O2/c1-2-16-8-6-14(7-8)10-5-3-4-9(13-10)11(12)15/h3-5,8H,2,6-7H2,1H3,(H2,12,15). The van der Waals surface area contributed by atoms with Crippen molar-refractivity contribution in [3.8, 4) is 0 Å². The van der Waals surface area contributed by atoms with Crippen LogP contribution in [0.2, 0.25) is 0 Å². The van der Waals surface area contributed by atoms with Gasteiger partial charge in [-0.1, -0.05) is 6.07 Å². The fourth-order valence-electron chi connectivity index (χ4n) is 1.70. The van der Waals surface area contributed by atoms with Crippen molar-refractivity contribution in [2.45, 2.75) is 13.0 Å². The third kappa shape index (κ3) is 2.14. The highest BCUT2D eigenvalue weighted by molar-refractivity contribution is 5.91. The smallest absolute Gasteiger partial charge is 0.267 e. The van der Waals surface area contributed by atoms with Crippen LogP contribution in [0.3, 0.4) is 0 Å². The molecule has 1 aromatic heterocycles. The summed E-state index contributed by atoms with van der Waals surface area (Å²) in [6.45, 7) is 4.36. The predicted molar refractivity (Wildman–Crippen MR) is 60.4 cm³/mol. The van der Waals surface area contributed by atoms with E-state index >= 15 is 0 Å². The van der Waals surface area contributed by atoms with Crippen LogP contribution in [0.1, 0.15) is 17.4 Å². The van der Waals surface area contributed by atoms with Gasteiger partial charge in [0.25, 0.3) is 5.91 Å². The predicted octanol–water partition coefficient (Wildman–Crippen LogP) is 0.406. The first kappa shape index (κ1) is 10.9. The maximum absolute atomic E-state index is 11.0. The number of nitrogens with two attached hydrogens (primary N) is 1. The van der Waals surface area contributed by atoms with Gasteiger partial charge in [-0.25, -0.2) is 4.98 Å². The van der Waals surface area contributed by atoms with Crippen molar-refractivity contribution >= 4 is 11.7 Å². The number of anilines is 1. The molecule has 5 heteroatoms. The van der Waals surface area contributed by atoms with Gasteiger partial charge in [0.15, 0.2) is 0 Å². The van der Waals surface area contributed by atoms with Crippen LogP contribution >= 0.6 is 0 Å². The molecule has 0 unspecified atom stereocenters. The van der Waals surface area contributed by atoms with E-state index in [2.05, 4.69) is 9.88 Å². The molecule has 1 fully saturated rings. The van der Waals surface area contributed by atoms with Crippen LogP contribution in [-0.2, 0) is 4.74 Å². The second-order valence-corrected chi connectivity index (χ2v) is 3.73. The number of hydrogen-bond donors (Lipinski definition) is 1. The van der Waals surface area contributed by atoms with Crippen molar-refractivity contribution in [3.63, 3.8) is 0 Å². The minimum atomic E-state index is -0.497. The van der Waals surface area contributed by atoms with Crippen molar-refractivity contribution < 1.29 is 9.53 Å². The minimum absolute atomic E-state index is 0.282. The molecule has 16 heavy (non-hydrogen) atoms. The SMILES string of the molecule is CCOC1CN(c2cccc(C(N)=O)n2)C1. The molecule has 2 N–H and O–H groups in total. The lowest BCUT2D eigenvalue weighted by atomic mass is 10.1. The zero-order chi connectivity index (χ0) is 11.5. The van der Waals surface area contributed by atoms with Gasteiger partial charge in [-0.3, -0.25) is 4.79 Å². The number of hydrogen-bond acceptors (Lipinski definition) is 4. The monoisotopic (exact) mass is 221 g/mol. The van der Waals surface area contributed by atoms with E-state index in [0.29, 0.717) is 5.69 Å². The molecule has 0 radical (unpaired) electrons. The molecule has 0 aliphatic carbocycles. The molecule has 2 heterocycles. The highest BCUT2D eigenvalue weighted by atomic mass is 16.5. The van der Waals surface area contributed by atoms with E-state index in [1.807, 2.05) is 13.0 Å². The number of nitrogens with zero attached hydrogens (tertiary/aromatic N) is 2. The van der Waals surface area contributed by atoms with Gasteiger partial charge in [0.2, 0.25) is 0 Å². The lowest BCUT2D eigenvalue weighted by Gasteiger charge is -2.39. The Bertz CT molecular complexity index is 389. The Morgan fingerprint density at radius 2 is 2.38 bits per heavy atom. The average Bonchev–Trinajstić information content (AvgIpc) is 2.23. The minimum Gasteiger partial charge on any atom is -0.375 e. The van der Waals surface area contributed by atoms with Crippen molar-refractivity contribution in [3.05, 3.63) is 23.9 Å². The molecule has 2 rings (SSSR count). The molecular weight excluding hydrogens is 206 g/mol. The van der Waals surface area contributed by atoms with Gasteiger partial charge < -0.3 is 15.4 Å². The molecule has 1 aliphatic rings. The lowest BCUT2D eigenvalue weighted by molar-refractivity contribution is 0.0427. The zero-order valence-electron chi connectivity index (χ0n) is 9.22. The number of carbonyl (C=O) groups excluding carboxylic acids is 1. The van der Waals surface area contributed by atoms with E-state index in [4.69, 9.17) is 10.5 Å². The number of aromatic nitrogens is 1. The van der Waals surface area contributed by atoms with Crippen LogP contribution < -0.4 is 10.6 Å². The Hall–Kier alpha value is -1.62. The zero-order valence-corrected chi connectivity index (χ0v) is 9.22. The first-order valence-corrected chi connectivity index (χ1v) is 5.34. The summed E-state index contributed by atoms with van der Waals surface area (Å²) in [5.74, 6) is 0.288. The topological polar surface area (TPSA) is 68.5 Å². The highest BCUT2D eigenvalue weighted by Gasteiger charge is 2.28. The van der Waals surface area contributed by atoms with Crippen molar-refractivity contribution in [1.29, 1.82) is 0 Å². The second-order valence-electron chi connectivity index (χ2n) is 3.73. The maximum Gasteiger partial charge on any atom is 0.267 e. The summed E-state index contributed by atoms with van der Waals surface area (Å²) >= 11 is 0. The Labute approximate surface area is 94.2 Å². The first-order valence-electron chi connectivity index (χ1n) is 5.34. The molecule has 0 saturated carbocycles. The van der Waals surface area contributed by atoms with Crippen LogP contribution in [0.5, 0.6) is 0 Å². The third-order valence-electron chi connectivity index (χ3n) is 2.56. The van der Waals surface area contributed by atoms with Gasteiger partial charge >= 0.3 is 0 Å². The van der Waals surface area contributed by atoms with Crippen molar-refractivity contribution in [1.82, 2.24) is 4.98 Å². The van der Waals surface area contributed by atoms with Crippen LogP contribution in [-0.4, -0.2) is 36.7 Å². The van der Waals surface area contributed by atoms with Crippen molar-refractivity contribution in [2.75, 3.05) is 24.6 Å². The molecule has 0 spiro atoms. The fraction of sp³-hybridized carbons (Fsp3) is 0.455. The normalized spacial score (nSPS) is 15.9. The van der Waals surface area contributed by atoms with E-state index in [-0.39, 0.29) is 6.10 Å². The van der Waals surface area contributed by atoms with E-state index in [1.165, 1.54) is 0 Å². The van der Waals surface area contributed by atoms with Gasteiger partial charge in [0, 0.05) is 19.7 Å². The average molecular weight is 221 g/mol. The van der Waals surface area contributed by atoms with Gasteiger partial charge in [-0.2, -0.15) is 0 Å². The summed E-state index contributed by atoms with van der Waals surface area (Å²) in [4.78, 5) is 17.2. The molecule has 1 saturated heterocycles. The molecule has 5 nitrogen and oxygen atoms in total. The van der Waals surface area contributed by atoms with Crippen LogP contribution in [0.15, 0.2) is 18.2 Å². The summed E-state index contributed by atoms with van der Waals surface area (Å²) in [6.07, 6.45) is 0.282. The van der Waals surface area contributed by atoms with E-state index in [1.54, 1.807) is 12.1 Å². The largest absolute Gasteiger partial charge is 0.375 e. The molecule has 1 amide bonds. The summed E-state index contributed by atoms with van der Waals surface area (Å²) in [5, 5.41) is 0. The Morgan fingerprint density at radius 3 is 3.00 bits per heavy atom. The lowest BCUT2D eigenvalue weighted by Crippen LogP contribution is -2.52. The van der Waals surface area contributed by atoms with Gasteiger partial charge in [-0.15, -0.1) is 0 Å². The molecule has 0 atom stereocenters. The van der Waals surface area contributed by atoms with E-state index in [0.717, 1.165) is 25.5 Å².